The first-order chi connectivity index (χ1) is 49.7. The van der Waals surface area contributed by atoms with Crippen LogP contribution >= 0.6 is 0 Å². The van der Waals surface area contributed by atoms with E-state index in [9.17, 15) is 108 Å². The molecule has 2 aliphatic heterocycles. The Morgan fingerprint density at radius 3 is 1.99 bits per heavy atom. The number of aromatic nitrogens is 2. The topological polar surface area (TPSA) is 587 Å². The molecule has 4 aliphatic rings. The number of carboxylic acids is 1. The predicted octanol–water partition coefficient (Wildman–Crippen LogP) is -1.70. The molecule has 5 aromatic rings. The van der Waals surface area contributed by atoms with Gasteiger partial charge in [-0.25, -0.2) is 14.4 Å². The minimum atomic E-state index is -5.24. The fourth-order valence-corrected chi connectivity index (χ4v) is 14.5. The third kappa shape index (κ3) is 21.3. The van der Waals surface area contributed by atoms with Crippen LogP contribution in [0.2, 0.25) is 0 Å². The van der Waals surface area contributed by atoms with Gasteiger partial charge in [-0.1, -0.05) is 49.6 Å². The molecule has 0 bridgehead atoms. The van der Waals surface area contributed by atoms with Crippen LogP contribution < -0.4 is 37.8 Å². The van der Waals surface area contributed by atoms with Gasteiger partial charge in [-0.05, 0) is 98.0 Å². The van der Waals surface area contributed by atoms with Crippen LogP contribution in [0.15, 0.2) is 109 Å². The van der Waals surface area contributed by atoms with E-state index in [0.717, 1.165) is 30.7 Å². The van der Waals surface area contributed by atoms with Crippen molar-refractivity contribution in [3.8, 4) is 0 Å². The monoisotopic (exact) mass is 1540 g/mol. The molecule has 105 heavy (non-hydrogen) atoms. The number of H-pyrrole nitrogens is 2. The van der Waals surface area contributed by atoms with Crippen LogP contribution in [0.4, 0.5) is 11.4 Å². The van der Waals surface area contributed by atoms with Crippen LogP contribution in [0.25, 0.3) is 10.8 Å². The maximum absolute atomic E-state index is 14.5. The summed E-state index contributed by atoms with van der Waals surface area (Å²) in [5.74, 6) is -7.58. The molecule has 2 saturated heterocycles. The van der Waals surface area contributed by atoms with Gasteiger partial charge in [0.15, 0.2) is 24.8 Å². The number of esters is 1. The minimum absolute atomic E-state index is 0.0384. The first-order valence-corrected chi connectivity index (χ1v) is 37.1. The van der Waals surface area contributed by atoms with Gasteiger partial charge in [-0.3, -0.25) is 42.6 Å². The van der Waals surface area contributed by atoms with Crippen molar-refractivity contribution in [3.63, 3.8) is 0 Å². The summed E-state index contributed by atoms with van der Waals surface area (Å²) in [4.78, 5) is 108. The van der Waals surface area contributed by atoms with Crippen LogP contribution in [-0.4, -0.2) is 247 Å². The lowest BCUT2D eigenvalue weighted by molar-refractivity contribution is -0.347. The van der Waals surface area contributed by atoms with Crippen molar-refractivity contribution in [3.05, 3.63) is 123 Å². The van der Waals surface area contributed by atoms with E-state index in [1.165, 1.54) is 49.4 Å². The Labute approximate surface area is 597 Å². The lowest BCUT2D eigenvalue weighted by Gasteiger charge is -2.49. The molecule has 41 heteroatoms. The number of carboxylic acid groups (broad SMARTS) is 1. The number of amides is 4. The number of nitrogens with one attached hydrogen (secondary N) is 7. The number of hydrogen-bond donors (Lipinski definition) is 16. The van der Waals surface area contributed by atoms with E-state index in [1.54, 1.807) is 12.1 Å². The molecule has 1 aromatic heterocycles. The molecule has 4 aromatic carbocycles. The number of aromatic amines is 2. The second-order valence-corrected chi connectivity index (χ2v) is 29.4. The quantitative estimate of drug-likeness (QED) is 0.0134. The highest BCUT2D eigenvalue weighted by Gasteiger charge is 2.55. The van der Waals surface area contributed by atoms with E-state index in [-0.39, 0.29) is 49.8 Å². The zero-order chi connectivity index (χ0) is 76.2. The first-order valence-electron chi connectivity index (χ1n) is 32.8. The Morgan fingerprint density at radius 2 is 1.34 bits per heavy atom. The second-order valence-electron chi connectivity index (χ2n) is 25.2. The van der Waals surface area contributed by atoms with Gasteiger partial charge in [-0.2, -0.15) is 25.3 Å². The van der Waals surface area contributed by atoms with Crippen LogP contribution in [-0.2, 0) is 94.0 Å². The van der Waals surface area contributed by atoms with Gasteiger partial charge in [0.25, 0.3) is 41.8 Å². The summed E-state index contributed by atoms with van der Waals surface area (Å²) in [7, 11) is -15.4. The average molecular weight is 1540 g/mol. The van der Waals surface area contributed by atoms with Crippen LogP contribution in [0.5, 0.6) is 0 Å². The van der Waals surface area contributed by atoms with Crippen molar-refractivity contribution in [2.24, 2.45) is 11.8 Å². The van der Waals surface area contributed by atoms with Gasteiger partial charge in [0.2, 0.25) is 17.7 Å². The van der Waals surface area contributed by atoms with Crippen LogP contribution in [0.3, 0.4) is 0 Å². The van der Waals surface area contributed by atoms with E-state index >= 15 is 0 Å². The molecular formula is C64H79N7O31S3. The second kappa shape index (κ2) is 35.4. The Morgan fingerprint density at radius 1 is 0.676 bits per heavy atom. The molecule has 0 spiro atoms. The van der Waals surface area contributed by atoms with Gasteiger partial charge in [-0.15, -0.1) is 0 Å². The predicted molar refractivity (Wildman–Crippen MR) is 357 cm³/mol. The van der Waals surface area contributed by atoms with Gasteiger partial charge >= 0.3 is 17.6 Å². The number of aliphatic hydroxyl groups is 5. The van der Waals surface area contributed by atoms with E-state index in [2.05, 4.69) is 31.6 Å². The van der Waals surface area contributed by atoms with Gasteiger partial charge < -0.3 is 100 Å². The molecule has 3 heterocycles. The zero-order valence-corrected chi connectivity index (χ0v) is 58.1. The summed E-state index contributed by atoms with van der Waals surface area (Å²) in [5, 5.41) is 78.4. The average Bonchev–Trinajstić information content (AvgIpc) is 0.749. The number of aliphatic hydroxyl groups excluding tert-OH is 5. The van der Waals surface area contributed by atoms with E-state index in [4.69, 9.17) is 37.9 Å². The summed E-state index contributed by atoms with van der Waals surface area (Å²) in [6, 6.07) is 15.3. The van der Waals surface area contributed by atoms with E-state index < -0.39 is 239 Å². The van der Waals surface area contributed by atoms with Gasteiger partial charge in [0.1, 0.15) is 66.5 Å². The van der Waals surface area contributed by atoms with E-state index in [0.29, 0.717) is 37.3 Å². The maximum atomic E-state index is 14.5. The van der Waals surface area contributed by atoms with Crippen LogP contribution in [0.1, 0.15) is 78.3 Å². The Kier molecular flexibility index (Phi) is 27.2. The van der Waals surface area contributed by atoms with Crippen molar-refractivity contribution >= 4 is 88.1 Å². The molecule has 15 unspecified atom stereocenters. The number of hydrogen-bond acceptors (Lipinski definition) is 28. The number of fused-ring (bicyclic) bond motifs is 1. The standard InChI is InChI=1S/C64H79N7O31S3/c1-31-50(76)52(78)53(79)62(97-31)102-55-41(69-59(81)42-26-46(73)71-64(85)70-42)22-36(23-43(55)98-63-57(101-61(84)34-12-6-3-7-13-34)56(51(77)44(28-72)99-63)100-54(60(82)83)33-10-4-2-5-11-33)58(80)66-16-15-65-47(74)29-95-17-18-96-30-48(75)68-37-14-8-9-32(19-37)27-67-40-24-38(103(86,87)88)20-35-21-39(104(89,90)91)25-45(49(35)40)105(92,93)94/h3,6-9,12-14,19-21,24-26,31,33,36,41,43-44,50-57,62-63,67,72,76-79H,2,4-5,10-11,15-18,22-23,27-30H2,1H3,(H,65,74)(H,66,80)(H,68,75)(H,69,81)(H,82,83)(H,86,87,88)(H,89,90,91)(H,92,93,94)(H2,70,71,73,85). The lowest BCUT2D eigenvalue weighted by atomic mass is 9.80. The Hall–Kier alpha value is -8.31. The fraction of sp³-hybridized carbons (Fsp3) is 0.500. The normalized spacial score (nSPS) is 25.6. The SMILES string of the molecule is CC1OC(OC2C(NC(=O)c3cc(=O)[nH]c(=O)[nH]3)CC(C(=O)NCCNC(=O)COCCOCC(=O)Nc3cccc(CNc4cc(S(=O)(=O)O)cc5cc(S(=O)(=O)O)cc(S(=O)(=O)O)c45)c3)CC2OC2OC(CO)C(O)C(OC(C(=O)O)C3CCCCC3)C2OC(=O)c2ccccc2)C(O)C(O)C1O. The number of carbonyl (C=O) groups is 6. The van der Waals surface area contributed by atoms with Crippen molar-refractivity contribution in [2.75, 3.05) is 56.8 Å². The highest BCUT2D eigenvalue weighted by molar-refractivity contribution is 7.87. The molecule has 2 saturated carbocycles. The number of aliphatic carboxylic acids is 1. The molecule has 15 atom stereocenters. The summed E-state index contributed by atoms with van der Waals surface area (Å²) in [5.41, 5.74) is -2.44. The zero-order valence-electron chi connectivity index (χ0n) is 55.7. The number of carbonyl (C=O) groups excluding carboxylic acids is 5. The molecule has 4 fully saturated rings. The summed E-state index contributed by atoms with van der Waals surface area (Å²) >= 11 is 0. The van der Waals surface area contributed by atoms with Crippen molar-refractivity contribution in [1.82, 2.24) is 25.9 Å². The first kappa shape index (κ1) is 80.8. The largest absolute Gasteiger partial charge is 0.479 e. The molecule has 38 nitrogen and oxygen atoms in total. The van der Waals surface area contributed by atoms with Crippen molar-refractivity contribution in [1.29, 1.82) is 0 Å². The van der Waals surface area contributed by atoms with E-state index in [1.807, 2.05) is 4.98 Å². The number of benzene rings is 4. The molecule has 574 valence electrons. The molecule has 0 radical (unpaired) electrons. The molecule has 4 amide bonds. The molecule has 2 aliphatic carbocycles. The molecular weight excluding hydrogens is 1460 g/mol. The maximum Gasteiger partial charge on any atom is 0.338 e. The molecule has 9 rings (SSSR count). The molecule has 16 N–H and O–H groups in total. The van der Waals surface area contributed by atoms with Crippen molar-refractivity contribution < 1.29 is 136 Å². The Bertz CT molecular complexity index is 4400. The number of anilines is 2. The van der Waals surface area contributed by atoms with Crippen LogP contribution in [0, 0.1) is 11.8 Å². The highest BCUT2D eigenvalue weighted by atomic mass is 32.2. The van der Waals surface area contributed by atoms with Crippen molar-refractivity contribution in [2.45, 2.75) is 159 Å². The summed E-state index contributed by atoms with van der Waals surface area (Å²) in [6.07, 6.45) is -20.9. The highest BCUT2D eigenvalue weighted by Crippen LogP contribution is 2.40. The summed E-state index contributed by atoms with van der Waals surface area (Å²) in [6.45, 7) is -1.81. The van der Waals surface area contributed by atoms with Gasteiger partial charge in [0, 0.05) is 48.4 Å². The lowest BCUT2D eigenvalue weighted by Crippen LogP contribution is -2.66. The Balaban J connectivity index is 0.844. The third-order valence-electron chi connectivity index (χ3n) is 17.7. The van der Waals surface area contributed by atoms with Gasteiger partial charge in [0.05, 0.1) is 53.4 Å². The number of ether oxygens (including phenoxy) is 8. The fourth-order valence-electron chi connectivity index (χ4n) is 12.6. The summed E-state index contributed by atoms with van der Waals surface area (Å²) < 4.78 is 151. The minimum Gasteiger partial charge on any atom is -0.479 e. The number of rotatable bonds is 31. The third-order valence-corrected chi connectivity index (χ3v) is 20.2. The smallest absolute Gasteiger partial charge is 0.338 e.